The van der Waals surface area contributed by atoms with Crippen LogP contribution in [0.15, 0.2) is 65.8 Å². The van der Waals surface area contributed by atoms with Gasteiger partial charge in [0.1, 0.15) is 19.3 Å². The molecule has 3 rings (SSSR count). The van der Waals surface area contributed by atoms with Gasteiger partial charge in [-0.05, 0) is 29.8 Å². The standard InChI is InChI=1S/C24H23N3O9/c1-15(28)34-19-20(26-27-25)24(36-23(19)35-16(2)29,13-32-21(30)17-9-5-3-6-10-17)14-33-22(31)18-11-7-4-8-12-18/h3-12,19-20,23H,13-14H2,1-2H3/t19-,20+,23?/m1/s1. The molecule has 36 heavy (non-hydrogen) atoms. The molecule has 0 spiro atoms. The lowest BCUT2D eigenvalue weighted by atomic mass is 9.94. The summed E-state index contributed by atoms with van der Waals surface area (Å²) < 4.78 is 27.1. The van der Waals surface area contributed by atoms with Crippen LogP contribution in [0.1, 0.15) is 34.6 Å². The van der Waals surface area contributed by atoms with E-state index in [1.165, 1.54) is 24.3 Å². The quantitative estimate of drug-likeness (QED) is 0.166. The summed E-state index contributed by atoms with van der Waals surface area (Å²) in [5.74, 6) is -3.05. The summed E-state index contributed by atoms with van der Waals surface area (Å²) in [7, 11) is 0. The molecule has 0 bridgehead atoms. The largest absolute Gasteiger partial charge is 0.459 e. The highest BCUT2D eigenvalue weighted by Gasteiger charge is 2.60. The SMILES string of the molecule is CC(=O)OC1OC(COC(=O)c2ccccc2)(COC(=O)c2ccccc2)[C@@H](N=[N+]=[N-])[C@H]1OC(C)=O. The number of rotatable bonds is 9. The summed E-state index contributed by atoms with van der Waals surface area (Å²) in [5.41, 5.74) is 7.81. The highest BCUT2D eigenvalue weighted by molar-refractivity contribution is 5.90. The van der Waals surface area contributed by atoms with E-state index in [-0.39, 0.29) is 11.1 Å². The minimum absolute atomic E-state index is 0.223. The number of azide groups is 1. The lowest BCUT2D eigenvalue weighted by Gasteiger charge is -2.31. The lowest BCUT2D eigenvalue weighted by Crippen LogP contribution is -2.51. The van der Waals surface area contributed by atoms with Crippen molar-refractivity contribution in [2.75, 3.05) is 13.2 Å². The monoisotopic (exact) mass is 497 g/mol. The molecule has 1 aliphatic rings. The average Bonchev–Trinajstić information content (AvgIpc) is 3.13. The Kier molecular flexibility index (Phi) is 8.61. The molecule has 1 saturated heterocycles. The van der Waals surface area contributed by atoms with Crippen molar-refractivity contribution in [1.29, 1.82) is 0 Å². The van der Waals surface area contributed by atoms with Crippen molar-refractivity contribution in [2.24, 2.45) is 5.11 Å². The van der Waals surface area contributed by atoms with Crippen LogP contribution in [0.2, 0.25) is 0 Å². The van der Waals surface area contributed by atoms with E-state index in [1.807, 2.05) is 0 Å². The number of nitrogens with zero attached hydrogens (tertiary/aromatic N) is 3. The van der Waals surface area contributed by atoms with Gasteiger partial charge < -0.3 is 23.7 Å². The Labute approximate surface area is 205 Å². The third-order valence-electron chi connectivity index (χ3n) is 5.14. The van der Waals surface area contributed by atoms with E-state index in [4.69, 9.17) is 23.7 Å². The van der Waals surface area contributed by atoms with Crippen molar-refractivity contribution < 1.29 is 42.9 Å². The van der Waals surface area contributed by atoms with Gasteiger partial charge in [-0.3, -0.25) is 9.59 Å². The highest BCUT2D eigenvalue weighted by atomic mass is 16.7. The third kappa shape index (κ3) is 6.38. The zero-order valence-electron chi connectivity index (χ0n) is 19.4. The van der Waals surface area contributed by atoms with Gasteiger partial charge in [-0.15, -0.1) is 0 Å². The molecule has 2 aromatic rings. The van der Waals surface area contributed by atoms with Gasteiger partial charge >= 0.3 is 23.9 Å². The van der Waals surface area contributed by atoms with Crippen molar-refractivity contribution in [3.05, 3.63) is 82.2 Å². The van der Waals surface area contributed by atoms with Gasteiger partial charge in [0.05, 0.1) is 11.1 Å². The molecule has 1 fully saturated rings. The van der Waals surface area contributed by atoms with Crippen molar-refractivity contribution in [2.45, 2.75) is 37.9 Å². The van der Waals surface area contributed by atoms with Crippen LogP contribution in [0, 0.1) is 0 Å². The molecular weight excluding hydrogens is 474 g/mol. The van der Waals surface area contributed by atoms with Gasteiger partial charge in [0.25, 0.3) is 0 Å². The van der Waals surface area contributed by atoms with E-state index in [9.17, 15) is 24.7 Å². The van der Waals surface area contributed by atoms with Crippen LogP contribution in [-0.4, -0.2) is 61.1 Å². The maximum atomic E-state index is 12.6. The first-order valence-corrected chi connectivity index (χ1v) is 10.8. The fourth-order valence-electron chi connectivity index (χ4n) is 3.58. The molecule has 1 unspecified atom stereocenters. The van der Waals surface area contributed by atoms with E-state index in [1.54, 1.807) is 36.4 Å². The van der Waals surface area contributed by atoms with Crippen LogP contribution in [-0.2, 0) is 33.3 Å². The summed E-state index contributed by atoms with van der Waals surface area (Å²) in [6.07, 6.45) is -2.94. The van der Waals surface area contributed by atoms with E-state index in [0.29, 0.717) is 0 Å². The Balaban J connectivity index is 1.95. The Morgan fingerprint density at radius 3 is 1.75 bits per heavy atom. The van der Waals surface area contributed by atoms with Gasteiger partial charge in [0.2, 0.25) is 6.29 Å². The summed E-state index contributed by atoms with van der Waals surface area (Å²) in [6, 6.07) is 14.7. The summed E-state index contributed by atoms with van der Waals surface area (Å²) in [4.78, 5) is 51.5. The Morgan fingerprint density at radius 2 is 1.33 bits per heavy atom. The number of esters is 4. The zero-order chi connectivity index (χ0) is 26.1. The first-order valence-electron chi connectivity index (χ1n) is 10.8. The predicted octanol–water partition coefficient (Wildman–Crippen LogP) is 2.97. The Morgan fingerprint density at radius 1 is 0.861 bits per heavy atom. The number of hydrogen-bond acceptors (Lipinski definition) is 10. The second-order valence-corrected chi connectivity index (χ2v) is 7.77. The van der Waals surface area contributed by atoms with Gasteiger partial charge in [0, 0.05) is 18.8 Å². The van der Waals surface area contributed by atoms with Gasteiger partial charge in [0.15, 0.2) is 11.7 Å². The van der Waals surface area contributed by atoms with Crippen molar-refractivity contribution in [3.63, 3.8) is 0 Å². The second kappa shape index (κ2) is 11.8. The Bertz CT molecular complexity index is 1090. The van der Waals surface area contributed by atoms with Crippen LogP contribution in [0.25, 0.3) is 10.4 Å². The molecule has 0 aromatic heterocycles. The van der Waals surface area contributed by atoms with E-state index in [2.05, 4.69) is 10.0 Å². The molecule has 1 heterocycles. The number of hydrogen-bond donors (Lipinski definition) is 0. The van der Waals surface area contributed by atoms with Crippen molar-refractivity contribution in [1.82, 2.24) is 0 Å². The van der Waals surface area contributed by atoms with Crippen LogP contribution < -0.4 is 0 Å². The van der Waals surface area contributed by atoms with E-state index in [0.717, 1.165) is 13.8 Å². The fourth-order valence-corrected chi connectivity index (χ4v) is 3.58. The molecule has 12 heteroatoms. The van der Waals surface area contributed by atoms with E-state index >= 15 is 0 Å². The molecule has 0 N–H and O–H groups in total. The summed E-state index contributed by atoms with van der Waals surface area (Å²) >= 11 is 0. The van der Waals surface area contributed by atoms with Crippen LogP contribution in [0.3, 0.4) is 0 Å². The molecule has 188 valence electrons. The first-order chi connectivity index (χ1) is 17.3. The summed E-state index contributed by atoms with van der Waals surface area (Å²) in [5, 5.41) is 3.68. The van der Waals surface area contributed by atoms with Crippen LogP contribution in [0.4, 0.5) is 0 Å². The number of carbonyl (C=O) groups excluding carboxylic acids is 4. The Hall–Kier alpha value is -4.41. The van der Waals surface area contributed by atoms with Gasteiger partial charge in [-0.1, -0.05) is 41.5 Å². The van der Waals surface area contributed by atoms with E-state index < -0.39 is 61.1 Å². The maximum absolute atomic E-state index is 12.6. The second-order valence-electron chi connectivity index (χ2n) is 7.77. The van der Waals surface area contributed by atoms with Crippen molar-refractivity contribution >= 4 is 23.9 Å². The van der Waals surface area contributed by atoms with Gasteiger partial charge in [-0.25, -0.2) is 9.59 Å². The molecule has 12 nitrogen and oxygen atoms in total. The fraction of sp³-hybridized carbons (Fsp3) is 0.333. The molecule has 0 radical (unpaired) electrons. The van der Waals surface area contributed by atoms with Gasteiger partial charge in [-0.2, -0.15) is 0 Å². The molecule has 3 atom stereocenters. The topological polar surface area (TPSA) is 163 Å². The lowest BCUT2D eigenvalue weighted by molar-refractivity contribution is -0.213. The number of carbonyl (C=O) groups is 4. The zero-order valence-corrected chi connectivity index (χ0v) is 19.4. The highest BCUT2D eigenvalue weighted by Crippen LogP contribution is 2.38. The maximum Gasteiger partial charge on any atom is 0.338 e. The first kappa shape index (κ1) is 26.2. The van der Waals surface area contributed by atoms with Crippen molar-refractivity contribution in [3.8, 4) is 0 Å². The molecule has 0 amide bonds. The predicted molar refractivity (Wildman–Crippen MR) is 121 cm³/mol. The number of benzene rings is 2. The molecule has 1 aliphatic heterocycles. The average molecular weight is 497 g/mol. The molecular formula is C24H23N3O9. The van der Waals surface area contributed by atoms with Crippen LogP contribution in [0.5, 0.6) is 0 Å². The minimum atomic E-state index is -1.86. The molecule has 0 saturated carbocycles. The molecule has 2 aromatic carbocycles. The number of ether oxygens (including phenoxy) is 5. The minimum Gasteiger partial charge on any atom is -0.459 e. The normalized spacial score (nSPS) is 19.9. The smallest absolute Gasteiger partial charge is 0.338 e. The summed E-state index contributed by atoms with van der Waals surface area (Å²) in [6.45, 7) is 1.01. The van der Waals surface area contributed by atoms with Crippen LogP contribution >= 0.6 is 0 Å². The molecule has 0 aliphatic carbocycles. The third-order valence-corrected chi connectivity index (χ3v) is 5.14.